The van der Waals surface area contributed by atoms with Crippen molar-refractivity contribution in [3.63, 3.8) is 0 Å². The van der Waals surface area contributed by atoms with Crippen LogP contribution in [-0.2, 0) is 9.53 Å². The first-order valence-electron chi connectivity index (χ1n) is 8.18. The van der Waals surface area contributed by atoms with E-state index < -0.39 is 5.82 Å². The second-order valence-electron chi connectivity index (χ2n) is 6.27. The second-order valence-corrected chi connectivity index (χ2v) is 6.68. The predicted octanol–water partition coefficient (Wildman–Crippen LogP) is 2.77. The topological polar surface area (TPSA) is 41.6 Å². The van der Waals surface area contributed by atoms with Crippen LogP contribution >= 0.6 is 11.6 Å². The Bertz CT molecular complexity index is 564. The number of benzene rings is 1. The van der Waals surface area contributed by atoms with Gasteiger partial charge in [-0.15, -0.1) is 0 Å². The Morgan fingerprint density at radius 3 is 3.09 bits per heavy atom. The molecule has 0 spiro atoms. The number of carbonyl (C=O) groups excluding carboxylic acids is 1. The fraction of sp³-hybridized carbons (Fsp3) is 0.588. The van der Waals surface area contributed by atoms with Gasteiger partial charge in [0.15, 0.2) is 0 Å². The van der Waals surface area contributed by atoms with Crippen LogP contribution in [0.2, 0.25) is 5.02 Å². The van der Waals surface area contributed by atoms with Crippen molar-refractivity contribution in [3.8, 4) is 0 Å². The van der Waals surface area contributed by atoms with Gasteiger partial charge >= 0.3 is 0 Å². The fourth-order valence-electron chi connectivity index (χ4n) is 3.24. The summed E-state index contributed by atoms with van der Waals surface area (Å²) in [4.78, 5) is 14.3. The standard InChI is InChI=1S/C17H22ClFN2O2/c18-14-9-13(2-3-15(14)19)16-11-21(7-8-23-16)17(22)4-1-12-5-6-20-10-12/h2-3,9,12,16,20H,1,4-8,10-11H2. The van der Waals surface area contributed by atoms with Gasteiger partial charge in [0, 0.05) is 13.0 Å². The average molecular weight is 341 g/mol. The van der Waals surface area contributed by atoms with Crippen LogP contribution in [0.5, 0.6) is 0 Å². The summed E-state index contributed by atoms with van der Waals surface area (Å²) in [7, 11) is 0. The molecule has 2 saturated heterocycles. The monoisotopic (exact) mass is 340 g/mol. The molecule has 2 fully saturated rings. The van der Waals surface area contributed by atoms with Crippen molar-refractivity contribution >= 4 is 17.5 Å². The summed E-state index contributed by atoms with van der Waals surface area (Å²) in [5.41, 5.74) is 0.814. The van der Waals surface area contributed by atoms with Crippen LogP contribution in [0.4, 0.5) is 4.39 Å². The second kappa shape index (κ2) is 7.60. The summed E-state index contributed by atoms with van der Waals surface area (Å²) in [6.45, 7) is 3.70. The van der Waals surface area contributed by atoms with E-state index in [0.29, 0.717) is 32.0 Å². The Morgan fingerprint density at radius 2 is 2.35 bits per heavy atom. The number of hydrogen-bond acceptors (Lipinski definition) is 3. The zero-order valence-electron chi connectivity index (χ0n) is 13.1. The van der Waals surface area contributed by atoms with E-state index in [4.69, 9.17) is 16.3 Å². The molecule has 3 rings (SSSR count). The number of nitrogens with one attached hydrogen (secondary N) is 1. The van der Waals surface area contributed by atoms with Crippen molar-refractivity contribution in [1.82, 2.24) is 10.2 Å². The maximum Gasteiger partial charge on any atom is 0.222 e. The van der Waals surface area contributed by atoms with Gasteiger partial charge in [-0.2, -0.15) is 0 Å². The van der Waals surface area contributed by atoms with Gasteiger partial charge in [-0.1, -0.05) is 17.7 Å². The predicted molar refractivity (Wildman–Crippen MR) is 86.9 cm³/mol. The number of nitrogens with zero attached hydrogens (tertiary/aromatic N) is 1. The minimum Gasteiger partial charge on any atom is -0.370 e. The van der Waals surface area contributed by atoms with E-state index in [2.05, 4.69) is 5.32 Å². The Hall–Kier alpha value is -1.17. The lowest BCUT2D eigenvalue weighted by atomic mass is 10.0. The van der Waals surface area contributed by atoms with Crippen LogP contribution in [0.15, 0.2) is 18.2 Å². The summed E-state index contributed by atoms with van der Waals surface area (Å²) >= 11 is 5.84. The number of carbonyl (C=O) groups is 1. The molecule has 2 aliphatic rings. The highest BCUT2D eigenvalue weighted by atomic mass is 35.5. The quantitative estimate of drug-likeness (QED) is 0.916. The lowest BCUT2D eigenvalue weighted by Gasteiger charge is -2.33. The van der Waals surface area contributed by atoms with Gasteiger partial charge in [0.2, 0.25) is 5.91 Å². The van der Waals surface area contributed by atoms with Crippen LogP contribution in [0.1, 0.15) is 30.9 Å². The number of morpholine rings is 1. The highest BCUT2D eigenvalue weighted by Crippen LogP contribution is 2.27. The molecule has 1 amide bonds. The number of halogens is 2. The SMILES string of the molecule is O=C(CCC1CCNC1)N1CCOC(c2ccc(F)c(Cl)c2)C1. The summed E-state index contributed by atoms with van der Waals surface area (Å²) in [6, 6.07) is 4.60. The van der Waals surface area contributed by atoms with E-state index in [1.54, 1.807) is 12.1 Å². The zero-order chi connectivity index (χ0) is 16.2. The average Bonchev–Trinajstić information content (AvgIpc) is 3.09. The van der Waals surface area contributed by atoms with Crippen LogP contribution in [0.3, 0.4) is 0 Å². The highest BCUT2D eigenvalue weighted by molar-refractivity contribution is 6.30. The fourth-order valence-corrected chi connectivity index (χ4v) is 3.43. The normalized spacial score (nSPS) is 24.9. The molecular weight excluding hydrogens is 319 g/mol. The van der Waals surface area contributed by atoms with Crippen LogP contribution in [-0.4, -0.2) is 43.6 Å². The Labute approximate surface area is 140 Å². The summed E-state index contributed by atoms with van der Waals surface area (Å²) in [5, 5.41) is 3.41. The van der Waals surface area contributed by atoms with Gasteiger partial charge in [0.25, 0.3) is 0 Å². The Morgan fingerprint density at radius 1 is 1.48 bits per heavy atom. The minimum absolute atomic E-state index is 0.0864. The minimum atomic E-state index is -0.440. The summed E-state index contributed by atoms with van der Waals surface area (Å²) in [5.74, 6) is 0.356. The molecule has 2 unspecified atom stereocenters. The van der Waals surface area contributed by atoms with Crippen molar-refractivity contribution in [2.24, 2.45) is 5.92 Å². The maximum absolute atomic E-state index is 13.3. The summed E-state index contributed by atoms with van der Waals surface area (Å²) < 4.78 is 19.0. The number of rotatable bonds is 4. The van der Waals surface area contributed by atoms with E-state index in [-0.39, 0.29) is 17.0 Å². The Balaban J connectivity index is 1.56. The molecule has 0 bridgehead atoms. The van der Waals surface area contributed by atoms with Gasteiger partial charge in [-0.05, 0) is 49.5 Å². The molecule has 1 aromatic carbocycles. The molecule has 0 radical (unpaired) electrons. The van der Waals surface area contributed by atoms with E-state index >= 15 is 0 Å². The molecule has 2 heterocycles. The first-order valence-corrected chi connectivity index (χ1v) is 8.56. The van der Waals surface area contributed by atoms with Crippen molar-refractivity contribution < 1.29 is 13.9 Å². The van der Waals surface area contributed by atoms with Gasteiger partial charge in [-0.3, -0.25) is 4.79 Å². The molecule has 2 aliphatic heterocycles. The molecule has 0 saturated carbocycles. The van der Waals surface area contributed by atoms with E-state index in [1.165, 1.54) is 6.07 Å². The van der Waals surface area contributed by atoms with Crippen molar-refractivity contribution in [1.29, 1.82) is 0 Å². The van der Waals surface area contributed by atoms with E-state index in [1.807, 2.05) is 4.90 Å². The summed E-state index contributed by atoms with van der Waals surface area (Å²) in [6.07, 6.45) is 2.45. The molecule has 126 valence electrons. The molecule has 0 aromatic heterocycles. The molecule has 0 aliphatic carbocycles. The van der Waals surface area contributed by atoms with Gasteiger partial charge in [0.05, 0.1) is 18.2 Å². The molecule has 2 atom stereocenters. The van der Waals surface area contributed by atoms with Crippen molar-refractivity contribution in [3.05, 3.63) is 34.6 Å². The highest BCUT2D eigenvalue weighted by Gasteiger charge is 2.26. The zero-order valence-corrected chi connectivity index (χ0v) is 13.8. The molecule has 6 heteroatoms. The van der Waals surface area contributed by atoms with Crippen molar-refractivity contribution in [2.45, 2.75) is 25.4 Å². The van der Waals surface area contributed by atoms with Gasteiger partial charge < -0.3 is 15.0 Å². The molecule has 1 N–H and O–H groups in total. The van der Waals surface area contributed by atoms with Gasteiger partial charge in [0.1, 0.15) is 11.9 Å². The third-order valence-corrected chi connectivity index (χ3v) is 4.95. The third kappa shape index (κ3) is 4.22. The first-order chi connectivity index (χ1) is 11.1. The maximum atomic E-state index is 13.3. The Kier molecular flexibility index (Phi) is 5.51. The molecule has 1 aromatic rings. The number of hydrogen-bond donors (Lipinski definition) is 1. The molecule has 4 nitrogen and oxygen atoms in total. The lowest BCUT2D eigenvalue weighted by Crippen LogP contribution is -2.42. The molecular formula is C17H22ClFN2O2. The van der Waals surface area contributed by atoms with E-state index in [0.717, 1.165) is 31.5 Å². The number of amides is 1. The first kappa shape index (κ1) is 16.7. The third-order valence-electron chi connectivity index (χ3n) is 4.66. The van der Waals surface area contributed by atoms with E-state index in [9.17, 15) is 9.18 Å². The smallest absolute Gasteiger partial charge is 0.222 e. The van der Waals surface area contributed by atoms with Crippen molar-refractivity contribution in [2.75, 3.05) is 32.8 Å². The van der Waals surface area contributed by atoms with Crippen LogP contribution in [0.25, 0.3) is 0 Å². The largest absolute Gasteiger partial charge is 0.370 e. The molecule has 23 heavy (non-hydrogen) atoms. The van der Waals surface area contributed by atoms with Gasteiger partial charge in [-0.25, -0.2) is 4.39 Å². The number of ether oxygens (including phenoxy) is 1. The van der Waals surface area contributed by atoms with Crippen LogP contribution in [0, 0.1) is 11.7 Å². The lowest BCUT2D eigenvalue weighted by molar-refractivity contribution is -0.139. The van der Waals surface area contributed by atoms with Crippen LogP contribution < -0.4 is 5.32 Å².